The van der Waals surface area contributed by atoms with Gasteiger partial charge >= 0.3 is 0 Å². The first kappa shape index (κ1) is 12.5. The van der Waals surface area contributed by atoms with Crippen LogP contribution in [-0.2, 0) is 6.54 Å². The van der Waals surface area contributed by atoms with E-state index < -0.39 is 0 Å². The monoisotopic (exact) mass is 246 g/mol. The molecule has 0 amide bonds. The minimum absolute atomic E-state index is 0.663. The van der Waals surface area contributed by atoms with Crippen molar-refractivity contribution in [1.29, 1.82) is 5.26 Å². The second kappa shape index (κ2) is 6.68. The summed E-state index contributed by atoms with van der Waals surface area (Å²) in [5.74, 6) is 1.03. The first-order valence-corrected chi connectivity index (χ1v) is 7.19. The zero-order valence-corrected chi connectivity index (χ0v) is 10.8. The van der Waals surface area contributed by atoms with Gasteiger partial charge in [-0.3, -0.25) is 0 Å². The Morgan fingerprint density at radius 2 is 2.06 bits per heavy atom. The largest absolute Gasteiger partial charge is 0.310 e. The van der Waals surface area contributed by atoms with Crippen molar-refractivity contribution in [3.05, 3.63) is 29.8 Å². The zero-order chi connectivity index (χ0) is 11.9. The van der Waals surface area contributed by atoms with Crippen molar-refractivity contribution in [2.45, 2.75) is 43.2 Å². The van der Waals surface area contributed by atoms with Crippen molar-refractivity contribution in [2.24, 2.45) is 0 Å². The average Bonchev–Trinajstić information content (AvgIpc) is 3.18. The average molecular weight is 246 g/mol. The Morgan fingerprint density at radius 3 is 2.71 bits per heavy atom. The lowest BCUT2D eigenvalue weighted by molar-refractivity contribution is 0.687. The van der Waals surface area contributed by atoms with Crippen LogP contribution in [-0.4, -0.2) is 11.8 Å². The predicted molar refractivity (Wildman–Crippen MR) is 71.9 cm³/mol. The Balaban J connectivity index is 1.70. The molecule has 1 N–H and O–H groups in total. The maximum absolute atomic E-state index is 8.44. The summed E-state index contributed by atoms with van der Waals surface area (Å²) in [5, 5.41) is 12.0. The maximum atomic E-state index is 8.44. The molecule has 2 rings (SSSR count). The van der Waals surface area contributed by atoms with Gasteiger partial charge in [-0.15, -0.1) is 11.8 Å². The first-order chi connectivity index (χ1) is 8.38. The summed E-state index contributed by atoms with van der Waals surface area (Å²) in [7, 11) is 0. The van der Waals surface area contributed by atoms with Gasteiger partial charge in [0.05, 0.1) is 6.07 Å². The van der Waals surface area contributed by atoms with Crippen LogP contribution in [0.5, 0.6) is 0 Å². The molecule has 1 fully saturated rings. The third-order valence-electron chi connectivity index (χ3n) is 2.80. The van der Waals surface area contributed by atoms with Crippen molar-refractivity contribution in [2.75, 3.05) is 5.75 Å². The normalized spacial score (nSPS) is 14.5. The Hall–Kier alpha value is -0.980. The van der Waals surface area contributed by atoms with E-state index in [-0.39, 0.29) is 0 Å². The number of nitriles is 1. The van der Waals surface area contributed by atoms with Gasteiger partial charge in [0.1, 0.15) is 0 Å². The highest BCUT2D eigenvalue weighted by Gasteiger charge is 2.19. The van der Waals surface area contributed by atoms with Crippen LogP contribution in [0.15, 0.2) is 29.2 Å². The van der Waals surface area contributed by atoms with E-state index in [9.17, 15) is 0 Å². The molecule has 0 saturated heterocycles. The Bertz CT molecular complexity index is 376. The van der Waals surface area contributed by atoms with E-state index in [1.54, 1.807) is 0 Å². The van der Waals surface area contributed by atoms with Crippen LogP contribution in [0.25, 0.3) is 0 Å². The van der Waals surface area contributed by atoms with Crippen LogP contribution < -0.4 is 5.32 Å². The van der Waals surface area contributed by atoms with Crippen molar-refractivity contribution < 1.29 is 0 Å². The minimum atomic E-state index is 0.663. The Labute approximate surface area is 107 Å². The molecule has 1 saturated carbocycles. The summed E-state index contributed by atoms with van der Waals surface area (Å²) < 4.78 is 0. The fourth-order valence-electron chi connectivity index (χ4n) is 1.59. The van der Waals surface area contributed by atoms with E-state index >= 15 is 0 Å². The number of benzene rings is 1. The van der Waals surface area contributed by atoms with Gasteiger partial charge in [-0.25, -0.2) is 0 Å². The molecule has 1 aromatic carbocycles. The topological polar surface area (TPSA) is 35.8 Å². The van der Waals surface area contributed by atoms with Crippen molar-refractivity contribution >= 4 is 11.8 Å². The van der Waals surface area contributed by atoms with Crippen LogP contribution in [0, 0.1) is 11.3 Å². The molecule has 0 spiro atoms. The van der Waals surface area contributed by atoms with Gasteiger partial charge < -0.3 is 5.32 Å². The lowest BCUT2D eigenvalue weighted by Crippen LogP contribution is -2.14. The maximum Gasteiger partial charge on any atom is 0.0622 e. The minimum Gasteiger partial charge on any atom is -0.310 e. The molecule has 17 heavy (non-hydrogen) atoms. The number of nitrogens with one attached hydrogen (secondary N) is 1. The number of hydrogen-bond acceptors (Lipinski definition) is 3. The summed E-state index contributed by atoms with van der Waals surface area (Å²) in [6, 6.07) is 11.7. The fraction of sp³-hybridized carbons (Fsp3) is 0.500. The van der Waals surface area contributed by atoms with E-state index in [2.05, 4.69) is 35.7 Å². The number of rotatable bonds is 7. The molecule has 1 aromatic rings. The SMILES string of the molecule is N#CCCCSc1ccc(CNC2CC2)cc1. The lowest BCUT2D eigenvalue weighted by Gasteiger charge is -2.04. The Morgan fingerprint density at radius 1 is 1.29 bits per heavy atom. The van der Waals surface area contributed by atoms with Crippen molar-refractivity contribution in [1.82, 2.24) is 5.32 Å². The highest BCUT2D eigenvalue weighted by molar-refractivity contribution is 7.99. The van der Waals surface area contributed by atoms with Gasteiger partial charge in [0, 0.05) is 23.9 Å². The predicted octanol–water partition coefficient (Wildman–Crippen LogP) is 3.33. The summed E-state index contributed by atoms with van der Waals surface area (Å²) in [6.45, 7) is 0.990. The van der Waals surface area contributed by atoms with Crippen LogP contribution >= 0.6 is 11.8 Å². The van der Waals surface area contributed by atoms with Gasteiger partial charge in [-0.2, -0.15) is 5.26 Å². The third kappa shape index (κ3) is 4.80. The van der Waals surface area contributed by atoms with Gasteiger partial charge in [-0.1, -0.05) is 12.1 Å². The van der Waals surface area contributed by atoms with Crippen molar-refractivity contribution in [3.63, 3.8) is 0 Å². The number of hydrogen-bond donors (Lipinski definition) is 1. The second-order valence-electron chi connectivity index (χ2n) is 4.41. The molecule has 0 unspecified atom stereocenters. The third-order valence-corrected chi connectivity index (χ3v) is 3.90. The second-order valence-corrected chi connectivity index (χ2v) is 5.58. The molecule has 1 aliphatic carbocycles. The van der Waals surface area contributed by atoms with Gasteiger partial charge in [0.25, 0.3) is 0 Å². The molecule has 90 valence electrons. The highest BCUT2D eigenvalue weighted by atomic mass is 32.2. The molecule has 0 aliphatic heterocycles. The van der Waals surface area contributed by atoms with Crippen LogP contribution in [0.4, 0.5) is 0 Å². The molecular formula is C14H18N2S. The molecule has 3 heteroatoms. The molecule has 0 radical (unpaired) electrons. The van der Waals surface area contributed by atoms with E-state index in [4.69, 9.17) is 5.26 Å². The van der Waals surface area contributed by atoms with E-state index in [1.807, 2.05) is 11.8 Å². The molecule has 1 aliphatic rings. The van der Waals surface area contributed by atoms with Crippen LogP contribution in [0.3, 0.4) is 0 Å². The number of thioether (sulfide) groups is 1. The standard InChI is InChI=1S/C14H18N2S/c15-9-1-2-10-17-14-7-3-12(4-8-14)11-16-13-5-6-13/h3-4,7-8,13,16H,1-2,5-6,10-11H2. The van der Waals surface area contributed by atoms with Gasteiger partial charge in [-0.05, 0) is 42.7 Å². The first-order valence-electron chi connectivity index (χ1n) is 6.20. The van der Waals surface area contributed by atoms with Crippen LogP contribution in [0.1, 0.15) is 31.2 Å². The molecule has 0 heterocycles. The summed E-state index contributed by atoms with van der Waals surface area (Å²) in [5.41, 5.74) is 1.36. The quantitative estimate of drug-likeness (QED) is 0.592. The molecule has 0 aromatic heterocycles. The van der Waals surface area contributed by atoms with E-state index in [0.717, 1.165) is 24.8 Å². The van der Waals surface area contributed by atoms with Crippen molar-refractivity contribution in [3.8, 4) is 6.07 Å². The summed E-state index contributed by atoms with van der Waals surface area (Å²) >= 11 is 1.83. The lowest BCUT2D eigenvalue weighted by atomic mass is 10.2. The Kier molecular flexibility index (Phi) is 4.90. The van der Waals surface area contributed by atoms with E-state index in [1.165, 1.54) is 23.3 Å². The smallest absolute Gasteiger partial charge is 0.0622 e. The van der Waals surface area contributed by atoms with Gasteiger partial charge in [0.15, 0.2) is 0 Å². The number of nitrogens with zero attached hydrogens (tertiary/aromatic N) is 1. The highest BCUT2D eigenvalue weighted by Crippen LogP contribution is 2.21. The number of unbranched alkanes of at least 4 members (excludes halogenated alkanes) is 1. The molecular weight excluding hydrogens is 228 g/mol. The summed E-state index contributed by atoms with van der Waals surface area (Å²) in [6.07, 6.45) is 4.32. The molecule has 2 nitrogen and oxygen atoms in total. The van der Waals surface area contributed by atoms with Gasteiger partial charge in [0.2, 0.25) is 0 Å². The van der Waals surface area contributed by atoms with E-state index in [0.29, 0.717) is 6.42 Å². The summed E-state index contributed by atoms with van der Waals surface area (Å²) in [4.78, 5) is 1.30. The molecule has 0 atom stereocenters. The zero-order valence-electron chi connectivity index (χ0n) is 9.98. The fourth-order valence-corrected chi connectivity index (χ4v) is 2.45. The molecule has 0 bridgehead atoms. The van der Waals surface area contributed by atoms with Crippen LogP contribution in [0.2, 0.25) is 0 Å².